The summed E-state index contributed by atoms with van der Waals surface area (Å²) in [4.78, 5) is 5.68. The van der Waals surface area contributed by atoms with E-state index in [2.05, 4.69) is 25.6 Å². The maximum absolute atomic E-state index is 13.2. The van der Waals surface area contributed by atoms with Crippen molar-refractivity contribution in [3.8, 4) is 11.4 Å². The molecule has 114 valence electrons. The zero-order valence-corrected chi connectivity index (χ0v) is 12.3. The van der Waals surface area contributed by atoms with Crippen molar-refractivity contribution >= 4 is 0 Å². The van der Waals surface area contributed by atoms with Crippen LogP contribution in [0.25, 0.3) is 11.4 Å². The molecule has 1 aromatic carbocycles. The summed E-state index contributed by atoms with van der Waals surface area (Å²) in [5.74, 6) is 1.09. The molecular formula is C14H15FN6O. The molecule has 0 saturated carbocycles. The first-order chi connectivity index (χ1) is 10.7. The number of halogens is 1. The number of hydrogen-bond acceptors (Lipinski definition) is 6. The number of nitrogens with zero attached hydrogens (tertiary/aromatic N) is 6. The second-order valence-electron chi connectivity index (χ2n) is 4.92. The van der Waals surface area contributed by atoms with Crippen LogP contribution in [0.3, 0.4) is 0 Å². The lowest BCUT2D eigenvalue weighted by Crippen LogP contribution is -2.11. The molecule has 0 bridgehead atoms. The molecule has 22 heavy (non-hydrogen) atoms. The molecular weight excluding hydrogens is 287 g/mol. The zero-order chi connectivity index (χ0) is 15.5. The summed E-state index contributed by atoms with van der Waals surface area (Å²) in [5, 5.41) is 16.1. The monoisotopic (exact) mass is 302 g/mol. The molecule has 0 fully saturated rings. The number of benzene rings is 1. The third-order valence-corrected chi connectivity index (χ3v) is 3.17. The van der Waals surface area contributed by atoms with Crippen LogP contribution in [-0.2, 0) is 6.42 Å². The lowest BCUT2D eigenvalue weighted by Gasteiger charge is -2.02. The predicted molar refractivity (Wildman–Crippen MR) is 75.3 cm³/mol. The van der Waals surface area contributed by atoms with E-state index in [0.29, 0.717) is 23.1 Å². The summed E-state index contributed by atoms with van der Waals surface area (Å²) in [5.41, 5.74) is 0.565. The average molecular weight is 302 g/mol. The van der Waals surface area contributed by atoms with Crippen molar-refractivity contribution in [2.45, 2.75) is 32.7 Å². The van der Waals surface area contributed by atoms with Gasteiger partial charge in [0.15, 0.2) is 5.82 Å². The molecule has 3 aromatic rings. The highest BCUT2D eigenvalue weighted by molar-refractivity contribution is 5.53. The summed E-state index contributed by atoms with van der Waals surface area (Å²) >= 11 is 0. The van der Waals surface area contributed by atoms with Gasteiger partial charge in [-0.25, -0.2) is 4.39 Å². The van der Waals surface area contributed by atoms with Crippen molar-refractivity contribution in [3.63, 3.8) is 0 Å². The van der Waals surface area contributed by atoms with Crippen LogP contribution in [0, 0.1) is 5.82 Å². The van der Waals surface area contributed by atoms with Crippen LogP contribution < -0.4 is 0 Å². The molecule has 7 nitrogen and oxygen atoms in total. The quantitative estimate of drug-likeness (QED) is 0.720. The summed E-state index contributed by atoms with van der Waals surface area (Å²) in [6.45, 7) is 3.88. The minimum atomic E-state index is -0.344. The summed E-state index contributed by atoms with van der Waals surface area (Å²) < 4.78 is 18.5. The van der Waals surface area contributed by atoms with E-state index < -0.39 is 0 Å². The van der Waals surface area contributed by atoms with Gasteiger partial charge in [0.05, 0.1) is 0 Å². The van der Waals surface area contributed by atoms with Crippen LogP contribution in [0.5, 0.6) is 0 Å². The summed E-state index contributed by atoms with van der Waals surface area (Å²) in [6.07, 6.45) is 1.70. The Kier molecular flexibility index (Phi) is 3.90. The van der Waals surface area contributed by atoms with Crippen LogP contribution in [0.2, 0.25) is 0 Å². The second kappa shape index (κ2) is 6.00. The van der Waals surface area contributed by atoms with Gasteiger partial charge in [-0.05, 0) is 30.7 Å². The van der Waals surface area contributed by atoms with Gasteiger partial charge < -0.3 is 4.52 Å². The highest BCUT2D eigenvalue weighted by Gasteiger charge is 2.19. The molecule has 1 atom stereocenters. The molecule has 0 unspecified atom stereocenters. The molecule has 3 rings (SSSR count). The lowest BCUT2D eigenvalue weighted by molar-refractivity contribution is 0.318. The molecule has 0 saturated heterocycles. The Morgan fingerprint density at radius 1 is 1.36 bits per heavy atom. The first-order valence-corrected chi connectivity index (χ1v) is 7.05. The van der Waals surface area contributed by atoms with Gasteiger partial charge in [-0.15, -0.1) is 10.2 Å². The van der Waals surface area contributed by atoms with Crippen molar-refractivity contribution in [1.29, 1.82) is 0 Å². The largest absolute Gasteiger partial charge is 0.337 e. The standard InChI is InChI=1S/C14H15FN6O/c1-3-5-12-16-14(22-19-12)9(2)21-18-13(17-20-21)10-6-4-7-11(15)8-10/h4,6-9H,3,5H2,1-2H3/t9-/m1/s1. The van der Waals surface area contributed by atoms with Crippen LogP contribution in [0.1, 0.15) is 38.0 Å². The Morgan fingerprint density at radius 3 is 3.00 bits per heavy atom. The minimum absolute atomic E-state index is 0.340. The minimum Gasteiger partial charge on any atom is -0.337 e. The van der Waals surface area contributed by atoms with Gasteiger partial charge in [-0.2, -0.15) is 9.78 Å². The highest BCUT2D eigenvalue weighted by atomic mass is 19.1. The molecule has 2 aromatic heterocycles. The smallest absolute Gasteiger partial charge is 0.253 e. The Balaban J connectivity index is 1.83. The van der Waals surface area contributed by atoms with Crippen molar-refractivity contribution in [1.82, 2.24) is 30.3 Å². The van der Waals surface area contributed by atoms with E-state index in [9.17, 15) is 4.39 Å². The summed E-state index contributed by atoms with van der Waals surface area (Å²) in [7, 11) is 0. The van der Waals surface area contributed by atoms with E-state index in [-0.39, 0.29) is 11.9 Å². The number of tetrazole rings is 1. The molecule has 0 N–H and O–H groups in total. The molecule has 0 radical (unpaired) electrons. The molecule has 0 aliphatic heterocycles. The lowest BCUT2D eigenvalue weighted by atomic mass is 10.2. The average Bonchev–Trinajstić information content (AvgIpc) is 3.16. The fraction of sp³-hybridized carbons (Fsp3) is 0.357. The summed E-state index contributed by atoms with van der Waals surface area (Å²) in [6, 6.07) is 5.71. The Morgan fingerprint density at radius 2 is 2.23 bits per heavy atom. The molecule has 2 heterocycles. The number of rotatable bonds is 5. The normalized spacial score (nSPS) is 12.5. The second-order valence-corrected chi connectivity index (χ2v) is 4.92. The number of aryl methyl sites for hydroxylation is 1. The van der Waals surface area contributed by atoms with Crippen LogP contribution in [0.4, 0.5) is 4.39 Å². The van der Waals surface area contributed by atoms with E-state index in [4.69, 9.17) is 4.52 Å². The van der Waals surface area contributed by atoms with Crippen LogP contribution in [0.15, 0.2) is 28.8 Å². The third kappa shape index (κ3) is 2.85. The van der Waals surface area contributed by atoms with Crippen molar-refractivity contribution in [2.75, 3.05) is 0 Å². The van der Waals surface area contributed by atoms with Gasteiger partial charge in [0.1, 0.15) is 11.9 Å². The van der Waals surface area contributed by atoms with E-state index in [1.807, 2.05) is 13.8 Å². The third-order valence-electron chi connectivity index (χ3n) is 3.17. The topological polar surface area (TPSA) is 82.5 Å². The van der Waals surface area contributed by atoms with Gasteiger partial charge in [0.2, 0.25) is 5.82 Å². The van der Waals surface area contributed by atoms with E-state index in [0.717, 1.165) is 12.8 Å². The molecule has 0 aliphatic carbocycles. The van der Waals surface area contributed by atoms with Crippen molar-refractivity contribution in [3.05, 3.63) is 41.8 Å². The number of aromatic nitrogens is 6. The predicted octanol–water partition coefficient (Wildman–Crippen LogP) is 2.42. The van der Waals surface area contributed by atoms with Gasteiger partial charge in [-0.3, -0.25) is 0 Å². The maximum atomic E-state index is 13.2. The Labute approximate surface area is 126 Å². The van der Waals surface area contributed by atoms with Crippen LogP contribution in [-0.4, -0.2) is 30.3 Å². The molecule has 0 aliphatic rings. The van der Waals surface area contributed by atoms with E-state index >= 15 is 0 Å². The van der Waals surface area contributed by atoms with Crippen LogP contribution >= 0.6 is 0 Å². The molecule has 8 heteroatoms. The van der Waals surface area contributed by atoms with E-state index in [1.165, 1.54) is 16.9 Å². The van der Waals surface area contributed by atoms with Crippen molar-refractivity contribution < 1.29 is 8.91 Å². The fourth-order valence-corrected chi connectivity index (χ4v) is 1.99. The zero-order valence-electron chi connectivity index (χ0n) is 12.3. The van der Waals surface area contributed by atoms with Gasteiger partial charge in [0, 0.05) is 12.0 Å². The first kappa shape index (κ1) is 14.3. The highest BCUT2D eigenvalue weighted by Crippen LogP contribution is 2.18. The molecule has 0 spiro atoms. The molecule has 0 amide bonds. The van der Waals surface area contributed by atoms with E-state index in [1.54, 1.807) is 12.1 Å². The van der Waals surface area contributed by atoms with Crippen molar-refractivity contribution in [2.24, 2.45) is 0 Å². The SMILES string of the molecule is CCCc1noc([C@@H](C)n2nnc(-c3cccc(F)c3)n2)n1. The van der Waals surface area contributed by atoms with Gasteiger partial charge in [-0.1, -0.05) is 24.2 Å². The fourth-order valence-electron chi connectivity index (χ4n) is 1.99. The number of hydrogen-bond donors (Lipinski definition) is 0. The van der Waals surface area contributed by atoms with Gasteiger partial charge in [0.25, 0.3) is 5.89 Å². The Bertz CT molecular complexity index is 768. The Hall–Kier alpha value is -2.64. The first-order valence-electron chi connectivity index (χ1n) is 7.05. The maximum Gasteiger partial charge on any atom is 0.253 e. The van der Waals surface area contributed by atoms with Gasteiger partial charge >= 0.3 is 0 Å².